The minimum atomic E-state index is -0.288. The Hall–Kier alpha value is -3.29. The first-order valence-electron chi connectivity index (χ1n) is 6.89. The van der Waals surface area contributed by atoms with Gasteiger partial charge in [0.25, 0.3) is 0 Å². The number of benzene rings is 1. The van der Waals surface area contributed by atoms with Gasteiger partial charge in [-0.05, 0) is 24.3 Å². The molecule has 4 aromatic rings. The van der Waals surface area contributed by atoms with Crippen LogP contribution in [0.25, 0.3) is 22.4 Å². The van der Waals surface area contributed by atoms with Crippen LogP contribution in [0.4, 0.5) is 0 Å². The lowest BCUT2D eigenvalue weighted by Crippen LogP contribution is -2.09. The van der Waals surface area contributed by atoms with Crippen molar-refractivity contribution < 1.29 is 9.47 Å². The Kier molecular flexibility index (Phi) is 2.83. The minimum Gasteiger partial charge on any atom is -0.497 e. The first kappa shape index (κ1) is 13.4. The van der Waals surface area contributed by atoms with Gasteiger partial charge in [0, 0.05) is 18.0 Å². The first-order chi connectivity index (χ1) is 11.2. The van der Waals surface area contributed by atoms with Gasteiger partial charge in [-0.2, -0.15) is 10.2 Å². The summed E-state index contributed by atoms with van der Waals surface area (Å²) in [5.74, 6) is 1.39. The summed E-state index contributed by atoms with van der Waals surface area (Å²) in [5.41, 5.74) is 2.43. The molecule has 0 unspecified atom stereocenters. The summed E-state index contributed by atoms with van der Waals surface area (Å²) in [6.07, 6.45) is 3.32. The van der Waals surface area contributed by atoms with E-state index < -0.39 is 0 Å². The Labute approximate surface area is 129 Å². The van der Waals surface area contributed by atoms with E-state index in [9.17, 15) is 4.79 Å². The second-order valence-electron chi connectivity index (χ2n) is 4.95. The first-order valence-corrected chi connectivity index (χ1v) is 6.89. The molecular formula is C15H13N5O3. The Morgan fingerprint density at radius 1 is 1.13 bits per heavy atom. The summed E-state index contributed by atoms with van der Waals surface area (Å²) >= 11 is 0. The number of nitrogens with zero attached hydrogens (tertiary/aromatic N) is 4. The van der Waals surface area contributed by atoms with Gasteiger partial charge in [-0.3, -0.25) is 0 Å². The van der Waals surface area contributed by atoms with Crippen molar-refractivity contribution in [2.45, 2.75) is 0 Å². The average molecular weight is 311 g/mol. The van der Waals surface area contributed by atoms with Gasteiger partial charge >= 0.3 is 5.69 Å². The van der Waals surface area contributed by atoms with Crippen molar-refractivity contribution in [3.05, 3.63) is 47.1 Å². The Morgan fingerprint density at radius 3 is 2.78 bits per heavy atom. The number of hydrogen-bond acceptors (Lipinski definition) is 5. The monoisotopic (exact) mass is 311 g/mol. The van der Waals surface area contributed by atoms with E-state index in [0.29, 0.717) is 28.4 Å². The zero-order chi connectivity index (χ0) is 16.0. The molecule has 0 amide bonds. The molecule has 0 saturated carbocycles. The van der Waals surface area contributed by atoms with E-state index in [1.54, 1.807) is 31.1 Å². The molecule has 0 aliphatic rings. The highest BCUT2D eigenvalue weighted by molar-refractivity contribution is 5.79. The van der Waals surface area contributed by atoms with E-state index in [1.165, 1.54) is 4.40 Å². The van der Waals surface area contributed by atoms with E-state index in [2.05, 4.69) is 15.3 Å². The molecule has 3 aromatic heterocycles. The lowest BCUT2D eigenvalue weighted by molar-refractivity contribution is 0.404. The second kappa shape index (κ2) is 4.87. The van der Waals surface area contributed by atoms with Crippen LogP contribution in [0.5, 0.6) is 11.5 Å². The molecule has 116 valence electrons. The van der Waals surface area contributed by atoms with E-state index in [4.69, 9.17) is 9.47 Å². The predicted octanol–water partition coefficient (Wildman–Crippen LogP) is 1.35. The van der Waals surface area contributed by atoms with Gasteiger partial charge in [-0.1, -0.05) is 0 Å². The fraction of sp³-hybridized carbons (Fsp3) is 0.133. The number of ether oxygens (including phenoxy) is 2. The molecule has 0 aliphatic carbocycles. The van der Waals surface area contributed by atoms with Crippen molar-refractivity contribution >= 4 is 11.2 Å². The zero-order valence-electron chi connectivity index (χ0n) is 12.5. The molecule has 0 spiro atoms. The minimum absolute atomic E-state index is 0.288. The molecule has 0 radical (unpaired) electrons. The normalized spacial score (nSPS) is 11.2. The van der Waals surface area contributed by atoms with E-state index in [1.807, 2.05) is 24.3 Å². The number of rotatable bonds is 3. The molecule has 0 bridgehead atoms. The molecule has 4 rings (SSSR count). The topological polar surface area (TPSA) is 85.9 Å². The molecular weight excluding hydrogens is 298 g/mol. The van der Waals surface area contributed by atoms with E-state index >= 15 is 0 Å². The van der Waals surface area contributed by atoms with Crippen LogP contribution in [0.1, 0.15) is 0 Å². The van der Waals surface area contributed by atoms with Gasteiger partial charge < -0.3 is 9.47 Å². The van der Waals surface area contributed by atoms with Gasteiger partial charge in [0.1, 0.15) is 17.0 Å². The highest BCUT2D eigenvalue weighted by atomic mass is 16.5. The molecule has 1 N–H and O–H groups in total. The average Bonchev–Trinajstić information content (AvgIpc) is 3.17. The maximum atomic E-state index is 11.7. The molecule has 8 nitrogen and oxygen atoms in total. The smallest absolute Gasteiger partial charge is 0.347 e. The molecule has 0 aliphatic heterocycles. The largest absolute Gasteiger partial charge is 0.497 e. The number of H-pyrrole nitrogens is 1. The quantitative estimate of drug-likeness (QED) is 0.617. The molecule has 1 aromatic carbocycles. The third kappa shape index (κ3) is 1.95. The highest BCUT2D eigenvalue weighted by Crippen LogP contribution is 2.33. The molecule has 8 heteroatoms. The van der Waals surface area contributed by atoms with Crippen LogP contribution in [0.3, 0.4) is 0 Å². The van der Waals surface area contributed by atoms with Gasteiger partial charge in [0.15, 0.2) is 5.65 Å². The number of nitrogens with one attached hydrogen (secondary N) is 1. The highest BCUT2D eigenvalue weighted by Gasteiger charge is 2.14. The number of methoxy groups -OCH3 is 2. The van der Waals surface area contributed by atoms with Crippen molar-refractivity contribution in [2.75, 3.05) is 14.2 Å². The predicted molar refractivity (Wildman–Crippen MR) is 83.1 cm³/mol. The van der Waals surface area contributed by atoms with E-state index in [0.717, 1.165) is 5.56 Å². The van der Waals surface area contributed by atoms with Gasteiger partial charge in [-0.15, -0.1) is 0 Å². The van der Waals surface area contributed by atoms with Crippen LogP contribution < -0.4 is 15.2 Å². The van der Waals surface area contributed by atoms with Crippen LogP contribution in [0.2, 0.25) is 0 Å². The van der Waals surface area contributed by atoms with Crippen LogP contribution in [-0.4, -0.2) is 38.4 Å². The van der Waals surface area contributed by atoms with Crippen molar-refractivity contribution in [1.29, 1.82) is 0 Å². The standard InChI is InChI=1S/C15H13N5O3/c1-22-9-3-4-13(23-2)10(7-9)11-8-12-14-16-17-15(21)19(14)5-6-20(12)18-11/h3-8H,1-2H3,(H,17,21). The van der Waals surface area contributed by atoms with Crippen molar-refractivity contribution in [3.8, 4) is 22.8 Å². The third-order valence-electron chi connectivity index (χ3n) is 3.71. The van der Waals surface area contributed by atoms with Crippen LogP contribution in [0, 0.1) is 0 Å². The Balaban J connectivity index is 1.99. The summed E-state index contributed by atoms with van der Waals surface area (Å²) < 4.78 is 13.8. The third-order valence-corrected chi connectivity index (χ3v) is 3.71. The lowest BCUT2D eigenvalue weighted by atomic mass is 10.1. The van der Waals surface area contributed by atoms with Crippen LogP contribution in [0.15, 0.2) is 41.5 Å². The zero-order valence-corrected chi connectivity index (χ0v) is 12.5. The summed E-state index contributed by atoms with van der Waals surface area (Å²) in [5, 5.41) is 11.0. The van der Waals surface area contributed by atoms with E-state index in [-0.39, 0.29) is 5.69 Å². The Bertz CT molecular complexity index is 1080. The molecule has 23 heavy (non-hydrogen) atoms. The number of hydrogen-bond donors (Lipinski definition) is 1. The fourth-order valence-electron chi connectivity index (χ4n) is 2.57. The summed E-state index contributed by atoms with van der Waals surface area (Å²) in [6, 6.07) is 7.36. The Morgan fingerprint density at radius 2 is 2.00 bits per heavy atom. The van der Waals surface area contributed by atoms with Crippen LogP contribution in [-0.2, 0) is 0 Å². The van der Waals surface area contributed by atoms with Crippen molar-refractivity contribution in [1.82, 2.24) is 24.2 Å². The number of aromatic amines is 1. The fourth-order valence-corrected chi connectivity index (χ4v) is 2.57. The summed E-state index contributed by atoms with van der Waals surface area (Å²) in [4.78, 5) is 11.7. The summed E-state index contributed by atoms with van der Waals surface area (Å²) in [6.45, 7) is 0. The van der Waals surface area contributed by atoms with Gasteiger partial charge in [-0.25, -0.2) is 18.8 Å². The molecule has 0 atom stereocenters. The molecule has 3 heterocycles. The maximum absolute atomic E-state index is 11.7. The second-order valence-corrected chi connectivity index (χ2v) is 4.95. The summed E-state index contributed by atoms with van der Waals surface area (Å²) in [7, 11) is 3.21. The van der Waals surface area contributed by atoms with Crippen LogP contribution >= 0.6 is 0 Å². The number of aromatic nitrogens is 5. The van der Waals surface area contributed by atoms with Crippen molar-refractivity contribution in [3.63, 3.8) is 0 Å². The number of fused-ring (bicyclic) bond motifs is 3. The SMILES string of the molecule is COc1ccc(OC)c(-c2cc3c4n[nH]c(=O)n4ccn3n2)c1. The van der Waals surface area contributed by atoms with Gasteiger partial charge in [0.05, 0.1) is 19.9 Å². The van der Waals surface area contributed by atoms with Gasteiger partial charge in [0.2, 0.25) is 0 Å². The maximum Gasteiger partial charge on any atom is 0.347 e. The molecule has 0 saturated heterocycles. The lowest BCUT2D eigenvalue weighted by Gasteiger charge is -2.08. The molecule has 0 fully saturated rings. The van der Waals surface area contributed by atoms with Crippen molar-refractivity contribution in [2.24, 2.45) is 0 Å².